The second-order valence-electron chi connectivity index (χ2n) is 4.59. The summed E-state index contributed by atoms with van der Waals surface area (Å²) in [5, 5.41) is 12.3. The number of hydrogen-bond acceptors (Lipinski definition) is 5. The highest BCUT2D eigenvalue weighted by Gasteiger charge is 2.12. The third kappa shape index (κ3) is 4.45. The van der Waals surface area contributed by atoms with Crippen LogP contribution in [0.15, 0.2) is 6.20 Å². The van der Waals surface area contributed by atoms with Crippen molar-refractivity contribution in [2.45, 2.75) is 32.9 Å². The van der Waals surface area contributed by atoms with Crippen molar-refractivity contribution in [2.75, 3.05) is 27.4 Å². The van der Waals surface area contributed by atoms with Crippen molar-refractivity contribution in [2.24, 2.45) is 0 Å². The van der Waals surface area contributed by atoms with Crippen molar-refractivity contribution in [1.29, 1.82) is 0 Å². The molecule has 0 saturated heterocycles. The minimum atomic E-state index is 0.128. The monoisotopic (exact) mass is 268 g/mol. The summed E-state index contributed by atoms with van der Waals surface area (Å²) in [5.74, 6) is 0.886. The fourth-order valence-electron chi connectivity index (χ4n) is 2.09. The first-order chi connectivity index (χ1) is 9.13. The molecule has 5 nitrogen and oxygen atoms in total. The third-order valence-electron chi connectivity index (χ3n) is 3.15. The zero-order valence-corrected chi connectivity index (χ0v) is 12.2. The SMILES string of the molecule is COCC(CCO)NCc1ncc(C)c(OC)c1C. The minimum Gasteiger partial charge on any atom is -0.496 e. The zero-order valence-electron chi connectivity index (χ0n) is 12.2. The maximum atomic E-state index is 9.00. The van der Waals surface area contributed by atoms with E-state index in [0.717, 1.165) is 22.6 Å². The summed E-state index contributed by atoms with van der Waals surface area (Å²) in [5.41, 5.74) is 3.05. The first-order valence-corrected chi connectivity index (χ1v) is 6.46. The Hall–Kier alpha value is -1.17. The van der Waals surface area contributed by atoms with Crippen LogP contribution < -0.4 is 10.1 Å². The average molecular weight is 268 g/mol. The molecule has 0 spiro atoms. The van der Waals surface area contributed by atoms with Crippen LogP contribution in [0.1, 0.15) is 23.2 Å². The molecule has 2 N–H and O–H groups in total. The minimum absolute atomic E-state index is 0.128. The molecule has 0 radical (unpaired) electrons. The van der Waals surface area contributed by atoms with E-state index in [-0.39, 0.29) is 12.6 Å². The van der Waals surface area contributed by atoms with Crippen molar-refractivity contribution in [3.63, 3.8) is 0 Å². The Morgan fingerprint density at radius 3 is 2.68 bits per heavy atom. The van der Waals surface area contributed by atoms with Gasteiger partial charge in [0.2, 0.25) is 0 Å². The highest BCUT2D eigenvalue weighted by atomic mass is 16.5. The number of aliphatic hydroxyl groups excluding tert-OH is 1. The molecule has 0 aliphatic heterocycles. The Morgan fingerprint density at radius 1 is 1.37 bits per heavy atom. The smallest absolute Gasteiger partial charge is 0.128 e. The fraction of sp³-hybridized carbons (Fsp3) is 0.643. The van der Waals surface area contributed by atoms with E-state index in [9.17, 15) is 0 Å². The number of aliphatic hydroxyl groups is 1. The van der Waals surface area contributed by atoms with Crippen LogP contribution in [0.3, 0.4) is 0 Å². The summed E-state index contributed by atoms with van der Waals surface area (Å²) >= 11 is 0. The summed E-state index contributed by atoms with van der Waals surface area (Å²) in [6.45, 7) is 5.34. The Kier molecular flexibility index (Phi) is 6.77. The number of ether oxygens (including phenoxy) is 2. The molecule has 1 aromatic rings. The van der Waals surface area contributed by atoms with Gasteiger partial charge in [0.15, 0.2) is 0 Å². The van der Waals surface area contributed by atoms with Gasteiger partial charge in [-0.25, -0.2) is 0 Å². The standard InChI is InChI=1S/C14H24N2O3/c1-10-7-16-13(11(2)14(10)19-4)8-15-12(5-6-17)9-18-3/h7,12,15,17H,5-6,8-9H2,1-4H3. The van der Waals surface area contributed by atoms with Crippen molar-refractivity contribution < 1.29 is 14.6 Å². The van der Waals surface area contributed by atoms with Gasteiger partial charge in [-0.15, -0.1) is 0 Å². The van der Waals surface area contributed by atoms with Crippen LogP contribution in [0.4, 0.5) is 0 Å². The molecule has 1 rings (SSSR count). The fourth-order valence-corrected chi connectivity index (χ4v) is 2.09. The molecule has 0 aliphatic rings. The molecule has 0 amide bonds. The largest absolute Gasteiger partial charge is 0.496 e. The van der Waals surface area contributed by atoms with E-state index in [4.69, 9.17) is 14.6 Å². The maximum Gasteiger partial charge on any atom is 0.128 e. The second-order valence-corrected chi connectivity index (χ2v) is 4.59. The molecule has 5 heteroatoms. The van der Waals surface area contributed by atoms with Crippen LogP contribution in [0.25, 0.3) is 0 Å². The average Bonchev–Trinajstić information content (AvgIpc) is 2.39. The number of nitrogens with zero attached hydrogens (tertiary/aromatic N) is 1. The molecule has 19 heavy (non-hydrogen) atoms. The van der Waals surface area contributed by atoms with Gasteiger partial charge in [0.05, 0.1) is 19.4 Å². The van der Waals surface area contributed by atoms with Crippen LogP contribution in [-0.2, 0) is 11.3 Å². The van der Waals surface area contributed by atoms with Gasteiger partial charge in [0, 0.05) is 43.6 Å². The number of methoxy groups -OCH3 is 2. The molecule has 0 aliphatic carbocycles. The van der Waals surface area contributed by atoms with Gasteiger partial charge in [-0.05, 0) is 20.3 Å². The number of aromatic nitrogens is 1. The summed E-state index contributed by atoms with van der Waals surface area (Å²) < 4.78 is 10.5. The predicted octanol–water partition coefficient (Wildman–Crippen LogP) is 1.19. The van der Waals surface area contributed by atoms with Crippen LogP contribution in [0.2, 0.25) is 0 Å². The summed E-state index contributed by atoms with van der Waals surface area (Å²) in [4.78, 5) is 4.43. The highest BCUT2D eigenvalue weighted by molar-refractivity contribution is 5.40. The molecular formula is C14H24N2O3. The van der Waals surface area contributed by atoms with Crippen LogP contribution in [-0.4, -0.2) is 43.6 Å². The molecule has 108 valence electrons. The van der Waals surface area contributed by atoms with Gasteiger partial charge in [0.1, 0.15) is 5.75 Å². The van der Waals surface area contributed by atoms with Crippen molar-refractivity contribution >= 4 is 0 Å². The van der Waals surface area contributed by atoms with E-state index in [1.54, 1.807) is 14.2 Å². The summed E-state index contributed by atoms with van der Waals surface area (Å²) in [7, 11) is 3.33. The summed E-state index contributed by atoms with van der Waals surface area (Å²) in [6, 6.07) is 0.128. The van der Waals surface area contributed by atoms with Crippen LogP contribution in [0, 0.1) is 13.8 Å². The van der Waals surface area contributed by atoms with E-state index >= 15 is 0 Å². The topological polar surface area (TPSA) is 63.6 Å². The molecular weight excluding hydrogens is 244 g/mol. The molecule has 1 heterocycles. The second kappa shape index (κ2) is 8.09. The molecule has 0 bridgehead atoms. The van der Waals surface area contributed by atoms with E-state index in [1.165, 1.54) is 0 Å². The molecule has 1 atom stereocenters. The molecule has 0 saturated carbocycles. The van der Waals surface area contributed by atoms with E-state index in [0.29, 0.717) is 19.6 Å². The number of aryl methyl sites for hydroxylation is 1. The lowest BCUT2D eigenvalue weighted by atomic mass is 10.1. The van der Waals surface area contributed by atoms with Gasteiger partial charge >= 0.3 is 0 Å². The number of rotatable bonds is 8. The first kappa shape index (κ1) is 15.9. The van der Waals surface area contributed by atoms with Gasteiger partial charge in [-0.2, -0.15) is 0 Å². The lowest BCUT2D eigenvalue weighted by Gasteiger charge is -2.18. The zero-order chi connectivity index (χ0) is 14.3. The van der Waals surface area contributed by atoms with Gasteiger partial charge in [-0.3, -0.25) is 4.98 Å². The Morgan fingerprint density at radius 2 is 2.11 bits per heavy atom. The summed E-state index contributed by atoms with van der Waals surface area (Å²) in [6.07, 6.45) is 2.48. The quantitative estimate of drug-likeness (QED) is 0.741. The van der Waals surface area contributed by atoms with E-state index in [1.807, 2.05) is 20.0 Å². The number of hydrogen-bond donors (Lipinski definition) is 2. The van der Waals surface area contributed by atoms with Crippen LogP contribution in [0.5, 0.6) is 5.75 Å². The van der Waals surface area contributed by atoms with Crippen LogP contribution >= 0.6 is 0 Å². The Labute approximate surface area is 115 Å². The van der Waals surface area contributed by atoms with Crippen molar-refractivity contribution in [3.8, 4) is 5.75 Å². The molecule has 1 unspecified atom stereocenters. The van der Waals surface area contributed by atoms with Gasteiger partial charge in [-0.1, -0.05) is 0 Å². The number of nitrogens with one attached hydrogen (secondary N) is 1. The highest BCUT2D eigenvalue weighted by Crippen LogP contribution is 2.23. The van der Waals surface area contributed by atoms with E-state index in [2.05, 4.69) is 10.3 Å². The van der Waals surface area contributed by atoms with Crippen molar-refractivity contribution in [3.05, 3.63) is 23.0 Å². The lowest BCUT2D eigenvalue weighted by Crippen LogP contribution is -2.34. The Bertz CT molecular complexity index is 391. The maximum absolute atomic E-state index is 9.00. The van der Waals surface area contributed by atoms with Gasteiger partial charge in [0.25, 0.3) is 0 Å². The third-order valence-corrected chi connectivity index (χ3v) is 3.15. The van der Waals surface area contributed by atoms with Crippen molar-refractivity contribution in [1.82, 2.24) is 10.3 Å². The number of pyridine rings is 1. The van der Waals surface area contributed by atoms with Gasteiger partial charge < -0.3 is 19.9 Å². The molecule has 0 fully saturated rings. The first-order valence-electron chi connectivity index (χ1n) is 6.46. The molecule has 1 aromatic heterocycles. The molecule has 0 aromatic carbocycles. The van der Waals surface area contributed by atoms with E-state index < -0.39 is 0 Å². The normalized spacial score (nSPS) is 12.5. The Balaban J connectivity index is 2.71. The lowest BCUT2D eigenvalue weighted by molar-refractivity contribution is 0.147. The predicted molar refractivity (Wildman–Crippen MR) is 74.5 cm³/mol.